The number of amides is 1. The number of thiophene rings is 1. The minimum absolute atomic E-state index is 0.150. The van der Waals surface area contributed by atoms with Crippen LogP contribution in [0, 0.1) is 6.92 Å². The van der Waals surface area contributed by atoms with E-state index in [1.807, 2.05) is 35.2 Å². The summed E-state index contributed by atoms with van der Waals surface area (Å²) in [4.78, 5) is 22.1. The summed E-state index contributed by atoms with van der Waals surface area (Å²) in [5.41, 5.74) is 5.67. The van der Waals surface area contributed by atoms with E-state index < -0.39 is 11.6 Å². The molecule has 2 saturated heterocycles. The standard InChI is InChI=1S/C36H42N4O2S/c1-28-10-5-6-12-30(28)24-37-25-32(41)26-39-27-40(31-13-3-2-4-14-31)36(35(39)42)18-21-38(22-19-36)20-17-29-11-7-8-15-33(29)34-16-9-23-43-34/h2-16,23,32,37,41H,17-22,24-27H2,1H3/t32-/m0/s1. The zero-order valence-electron chi connectivity index (χ0n) is 25.0. The van der Waals surface area contributed by atoms with Gasteiger partial charge in [-0.25, -0.2) is 0 Å². The van der Waals surface area contributed by atoms with Crippen LogP contribution in [0.1, 0.15) is 29.5 Å². The number of aryl methyl sites for hydroxylation is 1. The number of piperidine rings is 1. The average molecular weight is 595 g/mol. The maximum atomic E-state index is 14.1. The molecule has 1 spiro atoms. The van der Waals surface area contributed by atoms with Crippen LogP contribution in [0.4, 0.5) is 5.69 Å². The molecule has 2 fully saturated rings. The van der Waals surface area contributed by atoms with E-state index in [9.17, 15) is 9.90 Å². The minimum atomic E-state index is -0.635. The zero-order chi connectivity index (χ0) is 29.6. The number of anilines is 1. The van der Waals surface area contributed by atoms with Crippen LogP contribution in [0.5, 0.6) is 0 Å². The molecule has 43 heavy (non-hydrogen) atoms. The van der Waals surface area contributed by atoms with Gasteiger partial charge in [-0.05, 0) is 72.0 Å². The van der Waals surface area contributed by atoms with Crippen LogP contribution < -0.4 is 10.2 Å². The van der Waals surface area contributed by atoms with E-state index in [0.29, 0.717) is 26.3 Å². The number of β-amino-alcohol motifs (C(OH)–C–C–N with tert-alkyl or cyclic N) is 1. The number of rotatable bonds is 11. The molecule has 0 aliphatic carbocycles. The summed E-state index contributed by atoms with van der Waals surface area (Å²) in [7, 11) is 0. The summed E-state index contributed by atoms with van der Waals surface area (Å²) in [6.45, 7) is 6.81. The van der Waals surface area contributed by atoms with Crippen LogP contribution in [-0.4, -0.2) is 71.8 Å². The number of carbonyl (C=O) groups excluding carboxylic acids is 1. The molecule has 2 aliphatic rings. The molecular formula is C36H42N4O2S. The molecule has 4 aromatic rings. The fraction of sp³-hybridized carbons (Fsp3) is 0.361. The number of nitrogens with zero attached hydrogens (tertiary/aromatic N) is 3. The Labute approximate surface area is 259 Å². The second-order valence-electron chi connectivity index (χ2n) is 11.9. The van der Waals surface area contributed by atoms with Crippen molar-refractivity contribution in [1.29, 1.82) is 0 Å². The molecule has 0 bridgehead atoms. The molecule has 1 atom stereocenters. The van der Waals surface area contributed by atoms with Crippen molar-refractivity contribution in [2.45, 2.75) is 44.4 Å². The van der Waals surface area contributed by atoms with Gasteiger partial charge in [-0.15, -0.1) is 11.3 Å². The predicted octanol–water partition coefficient (Wildman–Crippen LogP) is 5.56. The Morgan fingerprint density at radius 2 is 1.63 bits per heavy atom. The lowest BCUT2D eigenvalue weighted by molar-refractivity contribution is -0.134. The topological polar surface area (TPSA) is 59.1 Å². The monoisotopic (exact) mass is 594 g/mol. The van der Waals surface area contributed by atoms with Crippen molar-refractivity contribution in [3.8, 4) is 10.4 Å². The summed E-state index contributed by atoms with van der Waals surface area (Å²) in [6, 6.07) is 31.6. The zero-order valence-corrected chi connectivity index (χ0v) is 25.8. The van der Waals surface area contributed by atoms with Gasteiger partial charge in [0.05, 0.1) is 12.8 Å². The number of likely N-dealkylation sites (tertiary alicyclic amines) is 1. The van der Waals surface area contributed by atoms with Crippen LogP contribution in [-0.2, 0) is 17.8 Å². The quantitative estimate of drug-likeness (QED) is 0.238. The third-order valence-electron chi connectivity index (χ3n) is 9.15. The Morgan fingerprint density at radius 1 is 0.907 bits per heavy atom. The van der Waals surface area contributed by atoms with Crippen molar-refractivity contribution in [1.82, 2.24) is 15.1 Å². The van der Waals surface area contributed by atoms with Gasteiger partial charge >= 0.3 is 0 Å². The van der Waals surface area contributed by atoms with E-state index in [4.69, 9.17) is 0 Å². The average Bonchev–Trinajstić information content (AvgIpc) is 3.66. The maximum absolute atomic E-state index is 14.1. The smallest absolute Gasteiger partial charge is 0.250 e. The molecule has 2 aliphatic heterocycles. The fourth-order valence-electron chi connectivity index (χ4n) is 6.68. The number of hydrogen-bond donors (Lipinski definition) is 2. The van der Waals surface area contributed by atoms with E-state index in [2.05, 4.69) is 88.1 Å². The van der Waals surface area contributed by atoms with Crippen LogP contribution in [0.3, 0.4) is 0 Å². The van der Waals surface area contributed by atoms with Crippen LogP contribution in [0.15, 0.2) is 96.4 Å². The van der Waals surface area contributed by atoms with Gasteiger partial charge in [0.25, 0.3) is 0 Å². The third kappa shape index (κ3) is 6.55. The van der Waals surface area contributed by atoms with Gasteiger partial charge in [0, 0.05) is 49.8 Å². The second kappa shape index (κ2) is 13.4. The predicted molar refractivity (Wildman–Crippen MR) is 176 cm³/mol. The largest absolute Gasteiger partial charge is 0.390 e. The highest BCUT2D eigenvalue weighted by molar-refractivity contribution is 7.13. The molecule has 7 heteroatoms. The summed E-state index contributed by atoms with van der Waals surface area (Å²) in [5, 5.41) is 16.5. The summed E-state index contributed by atoms with van der Waals surface area (Å²) >= 11 is 1.79. The molecule has 0 unspecified atom stereocenters. The van der Waals surface area contributed by atoms with Gasteiger partial charge < -0.3 is 25.1 Å². The Hall–Kier alpha value is -3.49. The summed E-state index contributed by atoms with van der Waals surface area (Å²) in [6.07, 6.45) is 1.92. The Kier molecular flexibility index (Phi) is 9.24. The van der Waals surface area contributed by atoms with E-state index in [1.54, 1.807) is 11.3 Å². The number of benzene rings is 3. The number of hydrogen-bond acceptors (Lipinski definition) is 6. The highest BCUT2D eigenvalue weighted by Crippen LogP contribution is 2.39. The van der Waals surface area contributed by atoms with Gasteiger partial charge in [-0.1, -0.05) is 72.8 Å². The van der Waals surface area contributed by atoms with Gasteiger partial charge in [-0.3, -0.25) is 4.79 Å². The molecule has 0 saturated carbocycles. The lowest BCUT2D eigenvalue weighted by Crippen LogP contribution is -2.56. The lowest BCUT2D eigenvalue weighted by atomic mass is 9.85. The maximum Gasteiger partial charge on any atom is 0.250 e. The Bertz CT molecular complexity index is 1480. The van der Waals surface area contributed by atoms with Crippen LogP contribution in [0.2, 0.25) is 0 Å². The number of para-hydroxylation sites is 1. The Balaban J connectivity index is 1.09. The minimum Gasteiger partial charge on any atom is -0.390 e. The highest BCUT2D eigenvalue weighted by Gasteiger charge is 2.53. The van der Waals surface area contributed by atoms with Gasteiger partial charge in [-0.2, -0.15) is 0 Å². The number of nitrogens with one attached hydrogen (secondary N) is 1. The van der Waals surface area contributed by atoms with Gasteiger partial charge in [0.2, 0.25) is 5.91 Å². The third-order valence-corrected chi connectivity index (χ3v) is 10.1. The highest BCUT2D eigenvalue weighted by atomic mass is 32.1. The molecule has 6 nitrogen and oxygen atoms in total. The van der Waals surface area contributed by atoms with Crippen molar-refractivity contribution in [3.05, 3.63) is 113 Å². The normalized spacial score (nSPS) is 17.6. The van der Waals surface area contributed by atoms with Gasteiger partial charge in [0.15, 0.2) is 0 Å². The first-order chi connectivity index (χ1) is 21.0. The molecule has 2 N–H and O–H groups in total. The SMILES string of the molecule is Cc1ccccc1CNC[C@H](O)CN1CN(c2ccccc2)C2(CCN(CCc3ccccc3-c3cccs3)CC2)C1=O. The summed E-state index contributed by atoms with van der Waals surface area (Å²) in [5.74, 6) is 0.150. The molecule has 224 valence electrons. The molecule has 6 rings (SSSR count). The van der Waals surface area contributed by atoms with E-state index in [0.717, 1.165) is 44.6 Å². The van der Waals surface area contributed by atoms with E-state index in [1.165, 1.54) is 27.1 Å². The number of carbonyl (C=O) groups is 1. The van der Waals surface area contributed by atoms with E-state index >= 15 is 0 Å². The fourth-order valence-corrected chi connectivity index (χ4v) is 7.46. The Morgan fingerprint density at radius 3 is 2.37 bits per heavy atom. The summed E-state index contributed by atoms with van der Waals surface area (Å²) < 4.78 is 0. The molecule has 1 aromatic heterocycles. The van der Waals surface area contributed by atoms with Gasteiger partial charge in [0.1, 0.15) is 5.54 Å². The molecular weight excluding hydrogens is 552 g/mol. The van der Waals surface area contributed by atoms with Crippen molar-refractivity contribution < 1.29 is 9.90 Å². The molecule has 0 radical (unpaired) electrons. The van der Waals surface area contributed by atoms with Crippen molar-refractivity contribution >= 4 is 22.9 Å². The number of aliphatic hydroxyl groups is 1. The molecule has 1 amide bonds. The lowest BCUT2D eigenvalue weighted by Gasteiger charge is -2.43. The van der Waals surface area contributed by atoms with Crippen molar-refractivity contribution in [3.63, 3.8) is 0 Å². The van der Waals surface area contributed by atoms with Crippen molar-refractivity contribution in [2.24, 2.45) is 0 Å². The first-order valence-electron chi connectivity index (χ1n) is 15.4. The van der Waals surface area contributed by atoms with Crippen molar-refractivity contribution in [2.75, 3.05) is 44.3 Å². The van der Waals surface area contributed by atoms with Crippen LogP contribution in [0.25, 0.3) is 10.4 Å². The van der Waals surface area contributed by atoms with Crippen LogP contribution >= 0.6 is 11.3 Å². The first-order valence-corrected chi connectivity index (χ1v) is 16.3. The molecule has 3 aromatic carbocycles. The first kappa shape index (κ1) is 29.6. The number of aliphatic hydroxyl groups excluding tert-OH is 1. The second-order valence-corrected chi connectivity index (χ2v) is 12.8. The molecule has 3 heterocycles. The van der Waals surface area contributed by atoms with E-state index in [-0.39, 0.29) is 5.91 Å².